The first-order chi connectivity index (χ1) is 12.0. The molecular formula is C18H19BN2O4. The van der Waals surface area contributed by atoms with Crippen LogP contribution in [0, 0.1) is 0 Å². The molecule has 3 rings (SSSR count). The van der Waals surface area contributed by atoms with Crippen LogP contribution >= 0.6 is 0 Å². The van der Waals surface area contributed by atoms with Crippen LogP contribution < -0.4 is 11.1 Å². The normalized spacial score (nSPS) is 12.1. The van der Waals surface area contributed by atoms with Gasteiger partial charge in [-0.3, -0.25) is 4.79 Å². The molecule has 0 fully saturated rings. The third-order valence-corrected chi connectivity index (χ3v) is 4.11. The summed E-state index contributed by atoms with van der Waals surface area (Å²) in [7, 11) is -1.69. The van der Waals surface area contributed by atoms with Crippen LogP contribution in [0.25, 0.3) is 11.0 Å². The van der Waals surface area contributed by atoms with E-state index in [0.717, 1.165) is 10.9 Å². The molecule has 0 aliphatic carbocycles. The first-order valence-corrected chi connectivity index (χ1v) is 7.98. The minimum atomic E-state index is -1.69. The van der Waals surface area contributed by atoms with Crippen LogP contribution in [0.2, 0.25) is 0 Å². The number of furan rings is 1. The van der Waals surface area contributed by atoms with E-state index < -0.39 is 13.1 Å². The molecule has 0 radical (unpaired) electrons. The first kappa shape index (κ1) is 17.1. The maximum Gasteiger partial charge on any atom is 0.475 e. The average molecular weight is 338 g/mol. The summed E-state index contributed by atoms with van der Waals surface area (Å²) in [6, 6.07) is 14.5. The summed E-state index contributed by atoms with van der Waals surface area (Å²) in [4.78, 5) is 12.3. The molecule has 5 N–H and O–H groups in total. The number of carbonyl (C=O) groups excluding carboxylic acids is 1. The van der Waals surface area contributed by atoms with E-state index in [-0.39, 0.29) is 18.7 Å². The Morgan fingerprint density at radius 3 is 2.60 bits per heavy atom. The van der Waals surface area contributed by atoms with Gasteiger partial charge in [0.15, 0.2) is 0 Å². The number of rotatable bonds is 6. The van der Waals surface area contributed by atoms with Crippen molar-refractivity contribution in [3.63, 3.8) is 0 Å². The topological polar surface area (TPSA) is 109 Å². The van der Waals surface area contributed by atoms with Crippen molar-refractivity contribution in [1.29, 1.82) is 0 Å². The van der Waals surface area contributed by atoms with E-state index in [0.29, 0.717) is 16.8 Å². The SMILES string of the molecule is Nc1ccccc1CC(=O)NC(Cc1coc2ccccc12)B(O)O. The summed E-state index contributed by atoms with van der Waals surface area (Å²) >= 11 is 0. The molecule has 1 amide bonds. The maximum absolute atomic E-state index is 12.3. The minimum absolute atomic E-state index is 0.0715. The average Bonchev–Trinajstić information content (AvgIpc) is 2.99. The Balaban J connectivity index is 1.71. The molecule has 6 nitrogen and oxygen atoms in total. The largest absolute Gasteiger partial charge is 0.475 e. The van der Waals surface area contributed by atoms with E-state index in [1.165, 1.54) is 0 Å². The molecule has 128 valence electrons. The Kier molecular flexibility index (Phi) is 5.07. The second kappa shape index (κ2) is 7.42. The lowest BCUT2D eigenvalue weighted by molar-refractivity contribution is -0.120. The fourth-order valence-corrected chi connectivity index (χ4v) is 2.78. The number of amides is 1. The third-order valence-electron chi connectivity index (χ3n) is 4.11. The Morgan fingerprint density at radius 2 is 1.84 bits per heavy atom. The van der Waals surface area contributed by atoms with Crippen molar-refractivity contribution in [2.45, 2.75) is 18.8 Å². The Labute approximate surface area is 145 Å². The van der Waals surface area contributed by atoms with Gasteiger partial charge in [-0.2, -0.15) is 0 Å². The highest BCUT2D eigenvalue weighted by Gasteiger charge is 2.27. The van der Waals surface area contributed by atoms with Gasteiger partial charge >= 0.3 is 7.12 Å². The van der Waals surface area contributed by atoms with Gasteiger partial charge in [0.05, 0.1) is 18.6 Å². The molecule has 1 aromatic heterocycles. The zero-order chi connectivity index (χ0) is 17.8. The third kappa shape index (κ3) is 4.02. The van der Waals surface area contributed by atoms with Gasteiger partial charge in [0, 0.05) is 11.1 Å². The van der Waals surface area contributed by atoms with Crippen LogP contribution in [-0.2, 0) is 17.6 Å². The number of nitrogens with one attached hydrogen (secondary N) is 1. The van der Waals surface area contributed by atoms with Gasteiger partial charge in [-0.1, -0.05) is 36.4 Å². The molecule has 2 aromatic carbocycles. The zero-order valence-corrected chi connectivity index (χ0v) is 13.6. The molecule has 1 atom stereocenters. The van der Waals surface area contributed by atoms with Crippen molar-refractivity contribution in [2.75, 3.05) is 5.73 Å². The summed E-state index contributed by atoms with van der Waals surface area (Å²) in [6.45, 7) is 0. The summed E-state index contributed by atoms with van der Waals surface area (Å²) in [6.07, 6.45) is 1.88. The predicted molar refractivity (Wildman–Crippen MR) is 96.6 cm³/mol. The van der Waals surface area contributed by atoms with Gasteiger partial charge in [0.1, 0.15) is 5.58 Å². The lowest BCUT2D eigenvalue weighted by atomic mass is 9.75. The standard InChI is InChI=1S/C18H19BN2O4/c20-15-7-3-1-5-12(15)10-18(22)21-17(19(23)24)9-13-11-25-16-8-4-2-6-14(13)16/h1-8,11,17,23-24H,9-10,20H2,(H,21,22). The Bertz CT molecular complexity index is 878. The van der Waals surface area contributed by atoms with Crippen molar-refractivity contribution in [2.24, 2.45) is 0 Å². The number of hydrogen-bond donors (Lipinski definition) is 4. The van der Waals surface area contributed by atoms with Crippen LogP contribution in [-0.4, -0.2) is 29.0 Å². The lowest BCUT2D eigenvalue weighted by Crippen LogP contribution is -2.48. The molecule has 0 aliphatic heterocycles. The lowest BCUT2D eigenvalue weighted by Gasteiger charge is -2.17. The summed E-state index contributed by atoms with van der Waals surface area (Å²) in [5, 5.41) is 22.8. The molecule has 1 heterocycles. The number of fused-ring (bicyclic) bond motifs is 1. The molecule has 0 bridgehead atoms. The Morgan fingerprint density at radius 1 is 1.12 bits per heavy atom. The van der Waals surface area contributed by atoms with Crippen molar-refractivity contribution in [3.05, 3.63) is 65.9 Å². The molecule has 7 heteroatoms. The van der Waals surface area contributed by atoms with E-state index in [2.05, 4.69) is 5.32 Å². The fourth-order valence-electron chi connectivity index (χ4n) is 2.78. The van der Waals surface area contributed by atoms with Crippen molar-refractivity contribution >= 4 is 29.7 Å². The van der Waals surface area contributed by atoms with E-state index in [1.807, 2.05) is 24.3 Å². The number of hydrogen-bond acceptors (Lipinski definition) is 5. The van der Waals surface area contributed by atoms with Crippen molar-refractivity contribution in [1.82, 2.24) is 5.32 Å². The highest BCUT2D eigenvalue weighted by Crippen LogP contribution is 2.22. The summed E-state index contributed by atoms with van der Waals surface area (Å²) in [5.41, 5.74) is 8.58. The van der Waals surface area contributed by atoms with Gasteiger partial charge in [-0.25, -0.2) is 0 Å². The van der Waals surface area contributed by atoms with E-state index in [4.69, 9.17) is 10.2 Å². The van der Waals surface area contributed by atoms with Crippen LogP contribution in [0.15, 0.2) is 59.2 Å². The fraction of sp³-hybridized carbons (Fsp3) is 0.167. The van der Waals surface area contributed by atoms with Gasteiger partial charge in [0.25, 0.3) is 0 Å². The van der Waals surface area contributed by atoms with E-state index >= 15 is 0 Å². The highest BCUT2D eigenvalue weighted by molar-refractivity contribution is 6.43. The van der Waals surface area contributed by atoms with Gasteiger partial charge < -0.3 is 25.5 Å². The molecule has 0 spiro atoms. The second-order valence-corrected chi connectivity index (χ2v) is 5.92. The number of carbonyl (C=O) groups is 1. The smallest absolute Gasteiger partial charge is 0.464 e. The van der Waals surface area contributed by atoms with Gasteiger partial charge in [0.2, 0.25) is 5.91 Å². The zero-order valence-electron chi connectivity index (χ0n) is 13.6. The predicted octanol–water partition coefficient (Wildman–Crippen LogP) is 1.30. The number of para-hydroxylation sites is 2. The number of benzene rings is 2. The van der Waals surface area contributed by atoms with Crippen LogP contribution in [0.5, 0.6) is 0 Å². The Hall–Kier alpha value is -2.77. The second-order valence-electron chi connectivity index (χ2n) is 5.92. The number of nitrogens with two attached hydrogens (primary N) is 1. The number of nitrogen functional groups attached to an aromatic ring is 1. The summed E-state index contributed by atoms with van der Waals surface area (Å²) < 4.78 is 5.45. The minimum Gasteiger partial charge on any atom is -0.464 e. The molecule has 1 unspecified atom stereocenters. The highest BCUT2D eigenvalue weighted by atomic mass is 16.4. The van der Waals surface area contributed by atoms with Crippen LogP contribution in [0.1, 0.15) is 11.1 Å². The van der Waals surface area contributed by atoms with Gasteiger partial charge in [-0.05, 0) is 29.7 Å². The molecule has 25 heavy (non-hydrogen) atoms. The summed E-state index contributed by atoms with van der Waals surface area (Å²) in [5.74, 6) is -1.18. The quantitative estimate of drug-likeness (QED) is 0.400. The molecular weight excluding hydrogens is 319 g/mol. The first-order valence-electron chi connectivity index (χ1n) is 7.98. The van der Waals surface area contributed by atoms with Crippen molar-refractivity contribution in [3.8, 4) is 0 Å². The van der Waals surface area contributed by atoms with E-state index in [9.17, 15) is 14.8 Å². The van der Waals surface area contributed by atoms with Crippen molar-refractivity contribution < 1.29 is 19.3 Å². The molecule has 3 aromatic rings. The van der Waals surface area contributed by atoms with Gasteiger partial charge in [-0.15, -0.1) is 0 Å². The molecule has 0 aliphatic rings. The van der Waals surface area contributed by atoms with E-state index in [1.54, 1.807) is 30.5 Å². The monoisotopic (exact) mass is 338 g/mol. The molecule has 0 saturated heterocycles. The maximum atomic E-state index is 12.3. The van der Waals surface area contributed by atoms with Crippen LogP contribution in [0.3, 0.4) is 0 Å². The van der Waals surface area contributed by atoms with Crippen LogP contribution in [0.4, 0.5) is 5.69 Å². The number of anilines is 1. The molecule has 0 saturated carbocycles.